The van der Waals surface area contributed by atoms with Gasteiger partial charge >= 0.3 is 18.2 Å². The van der Waals surface area contributed by atoms with Gasteiger partial charge in [-0.3, -0.25) is 24.2 Å². The molecule has 1 unspecified atom stereocenters. The Morgan fingerprint density at radius 1 is 1.08 bits per heavy atom. The van der Waals surface area contributed by atoms with Crippen molar-refractivity contribution in [2.75, 3.05) is 30.0 Å². The second kappa shape index (κ2) is 9.45. The highest BCUT2D eigenvalue weighted by molar-refractivity contribution is 6.13. The van der Waals surface area contributed by atoms with Crippen molar-refractivity contribution in [3.8, 4) is 0 Å². The van der Waals surface area contributed by atoms with E-state index in [1.165, 1.54) is 21.9 Å². The number of benzene rings is 2. The molecule has 0 aromatic heterocycles. The van der Waals surface area contributed by atoms with Crippen molar-refractivity contribution >= 4 is 35.2 Å². The third kappa shape index (κ3) is 4.19. The van der Waals surface area contributed by atoms with Crippen molar-refractivity contribution in [1.82, 2.24) is 4.90 Å². The van der Waals surface area contributed by atoms with Gasteiger partial charge in [-0.25, -0.2) is 4.79 Å². The SMILES string of the molecule is CCOC(=O)C1CN(c2ccc3c(c2)CCC(=O)N3C)C(=O)N([C@@H]2CCc3c2cccc3C(F)(F)F)C1=O. The van der Waals surface area contributed by atoms with Crippen molar-refractivity contribution in [3.63, 3.8) is 0 Å². The maximum absolute atomic E-state index is 13.8. The summed E-state index contributed by atoms with van der Waals surface area (Å²) in [6, 6.07) is 7.16. The normalized spacial score (nSPS) is 21.5. The molecule has 1 saturated heterocycles. The van der Waals surface area contributed by atoms with Gasteiger partial charge < -0.3 is 9.64 Å². The molecule has 3 aliphatic rings. The van der Waals surface area contributed by atoms with Gasteiger partial charge in [-0.05, 0) is 67.1 Å². The van der Waals surface area contributed by atoms with Crippen LogP contribution in [0.5, 0.6) is 0 Å². The second-order valence-electron chi connectivity index (χ2n) is 9.60. The van der Waals surface area contributed by atoms with Crippen LogP contribution in [0.4, 0.5) is 29.3 Å². The fraction of sp³-hybridized carbons (Fsp3) is 0.407. The van der Waals surface area contributed by atoms with Crippen LogP contribution in [0, 0.1) is 5.92 Å². The number of carbonyl (C=O) groups excluding carboxylic acids is 4. The van der Waals surface area contributed by atoms with Gasteiger partial charge in [0.1, 0.15) is 0 Å². The van der Waals surface area contributed by atoms with Gasteiger partial charge in [-0.2, -0.15) is 13.2 Å². The lowest BCUT2D eigenvalue weighted by Crippen LogP contribution is -2.59. The predicted molar refractivity (Wildman–Crippen MR) is 130 cm³/mol. The summed E-state index contributed by atoms with van der Waals surface area (Å²) in [5.74, 6) is -2.95. The van der Waals surface area contributed by atoms with Crippen LogP contribution in [-0.2, 0) is 38.1 Å². The molecule has 0 bridgehead atoms. The highest BCUT2D eigenvalue weighted by Crippen LogP contribution is 2.44. The standard InChI is InChI=1S/C27H26F3N3O5/c1-3-38-25(36)19-14-32(16-8-10-21-15(13-16)7-12-23(34)31(21)2)26(37)33(24(19)35)22-11-9-17-18(22)5-4-6-20(17)27(28,29)30/h4-6,8,10,13,19,22H,3,7,9,11-12,14H2,1-2H3/t19?,22-/m1/s1. The van der Waals surface area contributed by atoms with Gasteiger partial charge in [0, 0.05) is 24.8 Å². The van der Waals surface area contributed by atoms with Crippen molar-refractivity contribution in [2.45, 2.75) is 44.8 Å². The Balaban J connectivity index is 1.56. The smallest absolute Gasteiger partial charge is 0.416 e. The molecule has 2 aromatic rings. The summed E-state index contributed by atoms with van der Waals surface area (Å²) >= 11 is 0. The number of aryl methyl sites for hydroxylation is 1. The number of halogens is 3. The summed E-state index contributed by atoms with van der Waals surface area (Å²) in [6.07, 6.45) is -3.66. The van der Waals surface area contributed by atoms with E-state index in [0.717, 1.165) is 16.5 Å². The quantitative estimate of drug-likeness (QED) is 0.437. The number of amides is 4. The molecule has 0 spiro atoms. The average Bonchev–Trinajstić information content (AvgIpc) is 3.29. The number of hydrogen-bond acceptors (Lipinski definition) is 5. The van der Waals surface area contributed by atoms with E-state index >= 15 is 0 Å². The second-order valence-corrected chi connectivity index (χ2v) is 9.60. The summed E-state index contributed by atoms with van der Waals surface area (Å²) in [5, 5.41) is 0. The van der Waals surface area contributed by atoms with Gasteiger partial charge in [-0.1, -0.05) is 12.1 Å². The molecule has 2 aliphatic heterocycles. The number of carbonyl (C=O) groups is 4. The summed E-state index contributed by atoms with van der Waals surface area (Å²) in [4.78, 5) is 56.0. The Bertz CT molecular complexity index is 1340. The molecule has 200 valence electrons. The molecule has 0 radical (unpaired) electrons. The van der Waals surface area contributed by atoms with Crippen molar-refractivity contribution in [2.24, 2.45) is 5.92 Å². The van der Waals surface area contributed by atoms with Gasteiger partial charge in [0.05, 0.1) is 24.8 Å². The van der Waals surface area contributed by atoms with Crippen LogP contribution < -0.4 is 9.80 Å². The van der Waals surface area contributed by atoms with Crippen LogP contribution in [0.2, 0.25) is 0 Å². The molecule has 38 heavy (non-hydrogen) atoms. The number of nitrogens with zero attached hydrogens (tertiary/aromatic N) is 3. The largest absolute Gasteiger partial charge is 0.465 e. The van der Waals surface area contributed by atoms with E-state index < -0.39 is 41.6 Å². The summed E-state index contributed by atoms with van der Waals surface area (Å²) in [6.45, 7) is 1.36. The molecule has 0 N–H and O–H groups in total. The van der Waals surface area contributed by atoms with E-state index in [2.05, 4.69) is 0 Å². The molecule has 5 rings (SSSR count). The fourth-order valence-corrected chi connectivity index (χ4v) is 5.63. The van der Waals surface area contributed by atoms with Gasteiger partial charge in [0.15, 0.2) is 5.92 Å². The number of fused-ring (bicyclic) bond motifs is 2. The number of anilines is 2. The van der Waals surface area contributed by atoms with E-state index in [-0.39, 0.29) is 43.0 Å². The molecule has 1 aliphatic carbocycles. The zero-order valence-electron chi connectivity index (χ0n) is 20.9. The number of ether oxygens (including phenoxy) is 1. The Hall–Kier alpha value is -3.89. The molecule has 1 fully saturated rings. The predicted octanol–water partition coefficient (Wildman–Crippen LogP) is 4.25. The molecular formula is C27H26F3N3O5. The third-order valence-corrected chi connectivity index (χ3v) is 7.48. The lowest BCUT2D eigenvalue weighted by molar-refractivity contribution is -0.155. The van der Waals surface area contributed by atoms with Crippen LogP contribution in [0.25, 0.3) is 0 Å². The van der Waals surface area contributed by atoms with Crippen LogP contribution in [0.1, 0.15) is 48.1 Å². The highest BCUT2D eigenvalue weighted by Gasteiger charge is 2.49. The van der Waals surface area contributed by atoms with Crippen molar-refractivity contribution in [3.05, 3.63) is 58.7 Å². The van der Waals surface area contributed by atoms with E-state index in [0.29, 0.717) is 24.2 Å². The Labute approximate surface area is 216 Å². The number of imide groups is 1. The minimum Gasteiger partial charge on any atom is -0.465 e. The molecule has 4 amide bonds. The number of hydrogen-bond donors (Lipinski definition) is 0. The highest BCUT2D eigenvalue weighted by atomic mass is 19.4. The molecular weight excluding hydrogens is 503 g/mol. The lowest BCUT2D eigenvalue weighted by atomic mass is 9.97. The minimum atomic E-state index is -4.58. The first kappa shape index (κ1) is 25.7. The Morgan fingerprint density at radius 3 is 2.55 bits per heavy atom. The van der Waals surface area contributed by atoms with Gasteiger partial charge in [0.2, 0.25) is 11.8 Å². The van der Waals surface area contributed by atoms with E-state index in [9.17, 15) is 32.3 Å². The third-order valence-electron chi connectivity index (χ3n) is 7.48. The summed E-state index contributed by atoms with van der Waals surface area (Å²) < 4.78 is 46.1. The lowest BCUT2D eigenvalue weighted by Gasteiger charge is -2.41. The van der Waals surface area contributed by atoms with E-state index in [1.807, 2.05) is 0 Å². The first-order valence-electron chi connectivity index (χ1n) is 12.4. The molecule has 2 aromatic carbocycles. The molecule has 2 heterocycles. The zero-order chi connectivity index (χ0) is 27.4. The first-order chi connectivity index (χ1) is 18.0. The Kier molecular flexibility index (Phi) is 6.40. The van der Waals surface area contributed by atoms with Crippen LogP contribution >= 0.6 is 0 Å². The first-order valence-corrected chi connectivity index (χ1v) is 12.4. The van der Waals surface area contributed by atoms with E-state index in [1.54, 1.807) is 32.2 Å². The monoisotopic (exact) mass is 529 g/mol. The molecule has 11 heteroatoms. The minimum absolute atomic E-state index is 0.0248. The molecule has 8 nitrogen and oxygen atoms in total. The maximum atomic E-state index is 13.8. The van der Waals surface area contributed by atoms with Crippen LogP contribution in [-0.4, -0.2) is 48.9 Å². The number of alkyl halides is 3. The van der Waals surface area contributed by atoms with Crippen molar-refractivity contribution in [1.29, 1.82) is 0 Å². The molecule has 2 atom stereocenters. The van der Waals surface area contributed by atoms with Gasteiger partial charge in [0.25, 0.3) is 0 Å². The summed E-state index contributed by atoms with van der Waals surface area (Å²) in [7, 11) is 1.66. The summed E-state index contributed by atoms with van der Waals surface area (Å²) in [5.41, 5.74) is 1.46. The Morgan fingerprint density at radius 2 is 1.84 bits per heavy atom. The topological polar surface area (TPSA) is 87.2 Å². The average molecular weight is 530 g/mol. The number of rotatable bonds is 4. The van der Waals surface area contributed by atoms with Crippen molar-refractivity contribution < 1.29 is 37.1 Å². The van der Waals surface area contributed by atoms with Crippen LogP contribution in [0.3, 0.4) is 0 Å². The zero-order valence-corrected chi connectivity index (χ0v) is 20.9. The molecule has 0 saturated carbocycles. The van der Waals surface area contributed by atoms with Crippen LogP contribution in [0.15, 0.2) is 36.4 Å². The number of esters is 1. The van der Waals surface area contributed by atoms with Gasteiger partial charge in [-0.15, -0.1) is 0 Å². The van der Waals surface area contributed by atoms with E-state index in [4.69, 9.17) is 4.74 Å². The fourth-order valence-electron chi connectivity index (χ4n) is 5.63. The number of urea groups is 1. The maximum Gasteiger partial charge on any atom is 0.416 e.